The van der Waals surface area contributed by atoms with E-state index in [4.69, 9.17) is 24.1 Å². The zero-order valence-electron chi connectivity index (χ0n) is 20.6. The molecule has 1 fully saturated rings. The zero-order valence-corrected chi connectivity index (χ0v) is 20.6. The Balaban J connectivity index is 0.00000108. The Bertz CT molecular complexity index is 1020. The van der Waals surface area contributed by atoms with Crippen LogP contribution < -0.4 is 9.47 Å². The standard InChI is InChI=1S/C25H31FN2O4.CH2O2/c1-27(2)23(17-5-7-19(26)8-6-17)24(29)28-12-10-25(11-13-28)20-16-22(31-4)21(30-3)15-18(20)9-14-32-25;2-1-3/h5-8,15-16,23H,9-14H2,1-4H3;1H,(H,2,3). The van der Waals surface area contributed by atoms with Crippen molar-refractivity contribution in [2.45, 2.75) is 30.9 Å². The molecule has 1 atom stereocenters. The van der Waals surface area contributed by atoms with Gasteiger partial charge in [-0.05, 0) is 74.3 Å². The number of ether oxygens (including phenoxy) is 3. The van der Waals surface area contributed by atoms with Gasteiger partial charge in [-0.2, -0.15) is 0 Å². The fourth-order valence-electron chi connectivity index (χ4n) is 4.97. The number of likely N-dealkylation sites (tertiary alicyclic amines) is 1. The monoisotopic (exact) mass is 488 g/mol. The topological polar surface area (TPSA) is 88.5 Å². The number of hydrogen-bond acceptors (Lipinski definition) is 6. The summed E-state index contributed by atoms with van der Waals surface area (Å²) >= 11 is 0. The number of amides is 1. The van der Waals surface area contributed by atoms with Crippen molar-refractivity contribution < 1.29 is 33.3 Å². The van der Waals surface area contributed by atoms with Crippen molar-refractivity contribution in [1.29, 1.82) is 0 Å². The largest absolute Gasteiger partial charge is 0.493 e. The van der Waals surface area contributed by atoms with Gasteiger partial charge in [-0.3, -0.25) is 14.5 Å². The van der Waals surface area contributed by atoms with E-state index in [0.717, 1.165) is 23.3 Å². The van der Waals surface area contributed by atoms with Gasteiger partial charge in [0.15, 0.2) is 11.5 Å². The average molecular weight is 489 g/mol. The van der Waals surface area contributed by atoms with E-state index in [0.29, 0.717) is 38.3 Å². The van der Waals surface area contributed by atoms with Crippen LogP contribution in [0.4, 0.5) is 4.39 Å². The normalized spacial score (nSPS) is 17.1. The van der Waals surface area contributed by atoms with Crippen molar-refractivity contribution in [3.63, 3.8) is 0 Å². The molecule has 4 rings (SSSR count). The molecule has 0 aromatic heterocycles. The van der Waals surface area contributed by atoms with E-state index in [-0.39, 0.29) is 18.2 Å². The summed E-state index contributed by atoms with van der Waals surface area (Å²) in [5.41, 5.74) is 2.72. The molecular weight excluding hydrogens is 455 g/mol. The molecule has 0 saturated carbocycles. The van der Waals surface area contributed by atoms with Crippen molar-refractivity contribution in [3.8, 4) is 11.5 Å². The summed E-state index contributed by atoms with van der Waals surface area (Å²) in [6, 6.07) is 9.80. The van der Waals surface area contributed by atoms with E-state index < -0.39 is 11.6 Å². The van der Waals surface area contributed by atoms with Gasteiger partial charge in [-0.15, -0.1) is 0 Å². The smallest absolute Gasteiger partial charge is 0.290 e. The SMILES string of the molecule is COc1cc2c(cc1OC)C1(CCN(C(=O)C(c3ccc(F)cc3)N(C)C)CC1)OCC2.O=CO. The van der Waals surface area contributed by atoms with E-state index in [9.17, 15) is 9.18 Å². The highest BCUT2D eigenvalue weighted by Gasteiger charge is 2.43. The molecule has 2 aliphatic heterocycles. The first kappa shape index (κ1) is 26.4. The molecular formula is C26H33FN2O6. The fourth-order valence-corrected chi connectivity index (χ4v) is 4.97. The molecule has 0 radical (unpaired) electrons. The van der Waals surface area contributed by atoms with Crippen LogP contribution in [0.25, 0.3) is 0 Å². The first-order valence-corrected chi connectivity index (χ1v) is 11.5. The van der Waals surface area contributed by atoms with Crippen molar-refractivity contribution in [3.05, 3.63) is 58.9 Å². The number of carbonyl (C=O) groups excluding carboxylic acids is 1. The zero-order chi connectivity index (χ0) is 25.6. The van der Waals surface area contributed by atoms with Gasteiger partial charge in [0.25, 0.3) is 6.47 Å². The lowest BCUT2D eigenvalue weighted by atomic mass is 9.79. The predicted molar refractivity (Wildman–Crippen MR) is 128 cm³/mol. The Morgan fingerprint density at radius 1 is 1.14 bits per heavy atom. The Hall–Kier alpha value is -3.17. The van der Waals surface area contributed by atoms with E-state index in [2.05, 4.69) is 0 Å². The quantitative estimate of drug-likeness (QED) is 0.647. The molecule has 2 aromatic carbocycles. The van der Waals surface area contributed by atoms with Gasteiger partial charge in [0.2, 0.25) is 5.91 Å². The van der Waals surface area contributed by atoms with E-state index in [1.165, 1.54) is 17.7 Å². The number of methoxy groups -OCH3 is 2. The third-order valence-corrected chi connectivity index (χ3v) is 6.67. The molecule has 35 heavy (non-hydrogen) atoms. The third kappa shape index (κ3) is 5.57. The van der Waals surface area contributed by atoms with Gasteiger partial charge < -0.3 is 24.2 Å². The Labute approximate surface area is 205 Å². The molecule has 0 aliphatic carbocycles. The highest BCUT2D eigenvalue weighted by Crippen LogP contribution is 2.45. The lowest BCUT2D eigenvalue weighted by Crippen LogP contribution is -2.50. The lowest BCUT2D eigenvalue weighted by molar-refractivity contribution is -0.145. The molecule has 1 unspecified atom stereocenters. The number of nitrogens with zero attached hydrogens (tertiary/aromatic N) is 2. The number of rotatable bonds is 5. The van der Waals surface area contributed by atoms with Crippen LogP contribution in [0.3, 0.4) is 0 Å². The molecule has 1 spiro atoms. The maximum Gasteiger partial charge on any atom is 0.290 e. The van der Waals surface area contributed by atoms with Gasteiger partial charge in [0, 0.05) is 13.1 Å². The Kier molecular flexibility index (Phi) is 8.69. The van der Waals surface area contributed by atoms with Gasteiger partial charge >= 0.3 is 0 Å². The molecule has 1 N–H and O–H groups in total. The molecule has 2 aliphatic rings. The van der Waals surface area contributed by atoms with Crippen LogP contribution in [-0.2, 0) is 26.3 Å². The Morgan fingerprint density at radius 2 is 1.71 bits per heavy atom. The summed E-state index contributed by atoms with van der Waals surface area (Å²) in [5.74, 6) is 1.14. The molecule has 1 amide bonds. The molecule has 1 saturated heterocycles. The predicted octanol–water partition coefficient (Wildman–Crippen LogP) is 3.24. The number of halogens is 1. The maximum absolute atomic E-state index is 13.4. The molecule has 8 nitrogen and oxygen atoms in total. The van der Waals surface area contributed by atoms with Gasteiger partial charge in [0.1, 0.15) is 11.9 Å². The van der Waals surface area contributed by atoms with Crippen LogP contribution in [0.5, 0.6) is 11.5 Å². The highest BCUT2D eigenvalue weighted by atomic mass is 19.1. The molecule has 0 bridgehead atoms. The number of fused-ring (bicyclic) bond motifs is 2. The number of carbonyl (C=O) groups is 2. The summed E-state index contributed by atoms with van der Waals surface area (Å²) in [6.07, 6.45) is 2.25. The minimum absolute atomic E-state index is 0.0276. The summed E-state index contributed by atoms with van der Waals surface area (Å²) in [4.78, 5) is 25.6. The van der Waals surface area contributed by atoms with Crippen LogP contribution in [0.15, 0.2) is 36.4 Å². The van der Waals surface area contributed by atoms with E-state index in [1.54, 1.807) is 26.4 Å². The maximum atomic E-state index is 13.4. The molecule has 2 aromatic rings. The van der Waals surface area contributed by atoms with Crippen molar-refractivity contribution in [2.24, 2.45) is 0 Å². The van der Waals surface area contributed by atoms with Crippen molar-refractivity contribution >= 4 is 12.4 Å². The second kappa shape index (κ2) is 11.5. The number of hydrogen-bond donors (Lipinski definition) is 1. The van der Waals surface area contributed by atoms with Crippen LogP contribution in [0, 0.1) is 5.82 Å². The average Bonchev–Trinajstić information content (AvgIpc) is 2.85. The van der Waals surface area contributed by atoms with Crippen molar-refractivity contribution in [1.82, 2.24) is 9.80 Å². The molecule has 2 heterocycles. The van der Waals surface area contributed by atoms with Gasteiger partial charge in [0.05, 0.1) is 26.4 Å². The van der Waals surface area contributed by atoms with Crippen LogP contribution in [0.1, 0.15) is 35.6 Å². The van der Waals surface area contributed by atoms with E-state index >= 15 is 0 Å². The number of benzene rings is 2. The third-order valence-electron chi connectivity index (χ3n) is 6.67. The molecule has 9 heteroatoms. The summed E-state index contributed by atoms with van der Waals surface area (Å²) in [7, 11) is 7.03. The summed E-state index contributed by atoms with van der Waals surface area (Å²) in [5, 5.41) is 6.89. The second-order valence-corrected chi connectivity index (χ2v) is 8.81. The lowest BCUT2D eigenvalue weighted by Gasteiger charge is -2.46. The first-order chi connectivity index (χ1) is 16.8. The van der Waals surface area contributed by atoms with Crippen molar-refractivity contribution in [2.75, 3.05) is 48.0 Å². The number of carboxylic acid groups (broad SMARTS) is 1. The Morgan fingerprint density at radius 3 is 2.26 bits per heavy atom. The van der Waals surface area contributed by atoms with Gasteiger partial charge in [-0.25, -0.2) is 4.39 Å². The summed E-state index contributed by atoms with van der Waals surface area (Å²) < 4.78 is 30.8. The number of likely N-dealkylation sites (N-methyl/N-ethyl adjacent to an activating group) is 1. The van der Waals surface area contributed by atoms with Crippen LogP contribution >= 0.6 is 0 Å². The van der Waals surface area contributed by atoms with Crippen LogP contribution in [0.2, 0.25) is 0 Å². The molecule has 190 valence electrons. The first-order valence-electron chi connectivity index (χ1n) is 11.5. The fraction of sp³-hybridized carbons (Fsp3) is 0.462. The van der Waals surface area contributed by atoms with E-state index in [1.807, 2.05) is 36.0 Å². The summed E-state index contributed by atoms with van der Waals surface area (Å²) in [6.45, 7) is 1.59. The second-order valence-electron chi connectivity index (χ2n) is 8.81. The van der Waals surface area contributed by atoms with Gasteiger partial charge in [-0.1, -0.05) is 12.1 Å². The highest BCUT2D eigenvalue weighted by molar-refractivity contribution is 5.83. The van der Waals surface area contributed by atoms with Crippen LogP contribution in [-0.4, -0.2) is 75.3 Å². The minimum Gasteiger partial charge on any atom is -0.493 e. The minimum atomic E-state index is -0.450. The number of piperidine rings is 1.